The van der Waals surface area contributed by atoms with Gasteiger partial charge in [0.15, 0.2) is 0 Å². The summed E-state index contributed by atoms with van der Waals surface area (Å²) >= 11 is 0. The lowest BCUT2D eigenvalue weighted by atomic mass is 10.2. The van der Waals surface area contributed by atoms with Gasteiger partial charge in [-0.25, -0.2) is 0 Å². The molecule has 1 aromatic rings. The Bertz CT molecular complexity index is 346. The minimum Gasteiger partial charge on any atom is -0.352 e. The molecule has 1 amide bonds. The van der Waals surface area contributed by atoms with Gasteiger partial charge in [0.1, 0.15) is 6.04 Å². The van der Waals surface area contributed by atoms with Crippen LogP contribution in [0.1, 0.15) is 45.3 Å². The molecule has 1 heterocycles. The molecule has 0 aliphatic heterocycles. The molecule has 4 nitrogen and oxygen atoms in total. The molecule has 0 saturated carbocycles. The summed E-state index contributed by atoms with van der Waals surface area (Å²) in [6, 6.07) is 1.89. The van der Waals surface area contributed by atoms with Crippen molar-refractivity contribution < 1.29 is 4.79 Å². The van der Waals surface area contributed by atoms with E-state index in [0.29, 0.717) is 0 Å². The predicted octanol–water partition coefficient (Wildman–Crippen LogP) is 2.06. The Kier molecular flexibility index (Phi) is 4.52. The summed E-state index contributed by atoms with van der Waals surface area (Å²) in [6.45, 7) is 7.92. The van der Waals surface area contributed by atoms with Crippen LogP contribution < -0.4 is 5.32 Å². The Morgan fingerprint density at radius 3 is 2.75 bits per heavy atom. The molecule has 0 radical (unpaired) electrons. The summed E-state index contributed by atoms with van der Waals surface area (Å²) in [5, 5.41) is 7.23. The van der Waals surface area contributed by atoms with Gasteiger partial charge in [-0.1, -0.05) is 13.3 Å². The van der Waals surface area contributed by atoms with Crippen LogP contribution in [0.3, 0.4) is 0 Å². The summed E-state index contributed by atoms with van der Waals surface area (Å²) in [4.78, 5) is 11.9. The third kappa shape index (κ3) is 3.36. The summed E-state index contributed by atoms with van der Waals surface area (Å²) in [6.07, 6.45) is 3.93. The second-order valence-electron chi connectivity index (χ2n) is 4.31. The van der Waals surface area contributed by atoms with Crippen molar-refractivity contribution in [2.45, 2.75) is 52.6 Å². The van der Waals surface area contributed by atoms with Crippen LogP contribution in [-0.4, -0.2) is 21.7 Å². The van der Waals surface area contributed by atoms with E-state index in [9.17, 15) is 4.79 Å². The summed E-state index contributed by atoms with van der Waals surface area (Å²) in [5.41, 5.74) is 0.932. The molecule has 16 heavy (non-hydrogen) atoms. The minimum atomic E-state index is -0.243. The third-order valence-corrected chi connectivity index (χ3v) is 2.63. The molecular weight excluding hydrogens is 202 g/mol. The number of aryl methyl sites for hydroxylation is 1. The van der Waals surface area contributed by atoms with Gasteiger partial charge in [-0.05, 0) is 33.3 Å². The molecule has 0 aliphatic rings. The molecule has 1 rings (SSSR count). The molecule has 0 bridgehead atoms. The van der Waals surface area contributed by atoms with Crippen molar-refractivity contribution in [3.63, 3.8) is 0 Å². The van der Waals surface area contributed by atoms with Gasteiger partial charge in [-0.2, -0.15) is 5.10 Å². The van der Waals surface area contributed by atoms with Gasteiger partial charge in [0.25, 0.3) is 0 Å². The average Bonchev–Trinajstić information content (AvgIpc) is 2.64. The number of amides is 1. The van der Waals surface area contributed by atoms with Gasteiger partial charge >= 0.3 is 0 Å². The molecule has 0 aliphatic carbocycles. The molecule has 1 aromatic heterocycles. The molecular formula is C12H21N3O. The van der Waals surface area contributed by atoms with Crippen LogP contribution in [0.25, 0.3) is 0 Å². The molecule has 1 N–H and O–H groups in total. The lowest BCUT2D eigenvalue weighted by Gasteiger charge is -2.17. The van der Waals surface area contributed by atoms with Crippen molar-refractivity contribution in [1.82, 2.24) is 15.1 Å². The zero-order chi connectivity index (χ0) is 12.1. The van der Waals surface area contributed by atoms with Crippen molar-refractivity contribution in [2.24, 2.45) is 0 Å². The predicted molar refractivity (Wildman–Crippen MR) is 64.2 cm³/mol. The maximum Gasteiger partial charge on any atom is 0.244 e. The molecule has 0 saturated heterocycles. The Morgan fingerprint density at radius 2 is 2.25 bits per heavy atom. The number of carbonyl (C=O) groups is 1. The summed E-state index contributed by atoms with van der Waals surface area (Å²) < 4.78 is 1.70. The third-order valence-electron chi connectivity index (χ3n) is 2.63. The van der Waals surface area contributed by atoms with Crippen molar-refractivity contribution >= 4 is 5.91 Å². The molecule has 0 fully saturated rings. The first-order valence-electron chi connectivity index (χ1n) is 5.86. The Morgan fingerprint density at radius 1 is 1.56 bits per heavy atom. The van der Waals surface area contributed by atoms with E-state index in [4.69, 9.17) is 0 Å². The number of hydrogen-bond acceptors (Lipinski definition) is 2. The highest BCUT2D eigenvalue weighted by Crippen LogP contribution is 2.06. The van der Waals surface area contributed by atoms with E-state index >= 15 is 0 Å². The number of carbonyl (C=O) groups excluding carboxylic acids is 1. The van der Waals surface area contributed by atoms with Crippen LogP contribution in [0.4, 0.5) is 0 Å². The van der Waals surface area contributed by atoms with Gasteiger partial charge in [-0.15, -0.1) is 0 Å². The monoisotopic (exact) mass is 223 g/mol. The van der Waals surface area contributed by atoms with Gasteiger partial charge in [0, 0.05) is 12.2 Å². The van der Waals surface area contributed by atoms with E-state index in [2.05, 4.69) is 17.3 Å². The summed E-state index contributed by atoms with van der Waals surface area (Å²) in [5.74, 6) is 0.0315. The zero-order valence-corrected chi connectivity index (χ0v) is 10.5. The van der Waals surface area contributed by atoms with E-state index in [0.717, 1.165) is 18.5 Å². The minimum absolute atomic E-state index is 0.0315. The highest BCUT2D eigenvalue weighted by Gasteiger charge is 2.16. The van der Waals surface area contributed by atoms with E-state index < -0.39 is 0 Å². The SMILES string of the molecule is CCCC(C)NC(=O)C(C)n1ccc(C)n1. The lowest BCUT2D eigenvalue weighted by molar-refractivity contribution is -0.124. The molecule has 0 spiro atoms. The maximum atomic E-state index is 11.9. The molecule has 2 atom stereocenters. The van der Waals surface area contributed by atoms with Crippen LogP contribution >= 0.6 is 0 Å². The number of rotatable bonds is 5. The first-order valence-corrected chi connectivity index (χ1v) is 5.86. The fourth-order valence-corrected chi connectivity index (χ4v) is 1.64. The molecule has 4 heteroatoms. The van der Waals surface area contributed by atoms with Crippen LogP contribution in [0.15, 0.2) is 12.3 Å². The first-order chi connectivity index (χ1) is 7.54. The van der Waals surface area contributed by atoms with E-state index in [1.165, 1.54) is 0 Å². The largest absolute Gasteiger partial charge is 0.352 e. The van der Waals surface area contributed by atoms with Gasteiger partial charge in [0.05, 0.1) is 5.69 Å². The van der Waals surface area contributed by atoms with Crippen LogP contribution in [0, 0.1) is 6.92 Å². The zero-order valence-electron chi connectivity index (χ0n) is 10.5. The summed E-state index contributed by atoms with van der Waals surface area (Å²) in [7, 11) is 0. The van der Waals surface area contributed by atoms with Crippen molar-refractivity contribution in [2.75, 3.05) is 0 Å². The Hall–Kier alpha value is -1.32. The normalized spacial score (nSPS) is 14.5. The second-order valence-corrected chi connectivity index (χ2v) is 4.31. The fourth-order valence-electron chi connectivity index (χ4n) is 1.64. The topological polar surface area (TPSA) is 46.9 Å². The smallest absolute Gasteiger partial charge is 0.244 e. The number of hydrogen-bond donors (Lipinski definition) is 1. The maximum absolute atomic E-state index is 11.9. The van der Waals surface area contributed by atoms with Gasteiger partial charge < -0.3 is 5.32 Å². The van der Waals surface area contributed by atoms with E-state index in [1.807, 2.05) is 33.0 Å². The average molecular weight is 223 g/mol. The van der Waals surface area contributed by atoms with Crippen molar-refractivity contribution in [3.05, 3.63) is 18.0 Å². The molecule has 0 aromatic carbocycles. The van der Waals surface area contributed by atoms with E-state index in [1.54, 1.807) is 4.68 Å². The van der Waals surface area contributed by atoms with Crippen molar-refractivity contribution in [1.29, 1.82) is 0 Å². The van der Waals surface area contributed by atoms with E-state index in [-0.39, 0.29) is 18.0 Å². The standard InChI is InChI=1S/C12H21N3O/c1-5-6-9(2)13-12(16)11(4)15-8-7-10(3)14-15/h7-9,11H,5-6H2,1-4H3,(H,13,16). The molecule has 90 valence electrons. The first kappa shape index (κ1) is 12.7. The Balaban J connectivity index is 2.54. The number of nitrogens with zero attached hydrogens (tertiary/aromatic N) is 2. The highest BCUT2D eigenvalue weighted by molar-refractivity contribution is 5.80. The van der Waals surface area contributed by atoms with Gasteiger partial charge in [0.2, 0.25) is 5.91 Å². The number of nitrogens with one attached hydrogen (secondary N) is 1. The Labute approximate surface area is 97.0 Å². The number of aromatic nitrogens is 2. The fraction of sp³-hybridized carbons (Fsp3) is 0.667. The molecule has 2 unspecified atom stereocenters. The second kappa shape index (κ2) is 5.68. The van der Waals surface area contributed by atoms with Crippen LogP contribution in [-0.2, 0) is 4.79 Å². The van der Waals surface area contributed by atoms with Crippen LogP contribution in [0.5, 0.6) is 0 Å². The van der Waals surface area contributed by atoms with Gasteiger partial charge in [-0.3, -0.25) is 9.48 Å². The van der Waals surface area contributed by atoms with Crippen molar-refractivity contribution in [3.8, 4) is 0 Å². The highest BCUT2D eigenvalue weighted by atomic mass is 16.2. The quantitative estimate of drug-likeness (QED) is 0.830. The van der Waals surface area contributed by atoms with Crippen LogP contribution in [0.2, 0.25) is 0 Å². The lowest BCUT2D eigenvalue weighted by Crippen LogP contribution is -2.37.